The van der Waals surface area contributed by atoms with Gasteiger partial charge in [0.2, 0.25) is 0 Å². The molecule has 21 heavy (non-hydrogen) atoms. The van der Waals surface area contributed by atoms with E-state index in [1.54, 1.807) is 12.3 Å². The summed E-state index contributed by atoms with van der Waals surface area (Å²) in [6.45, 7) is 0.347. The molecule has 0 fully saturated rings. The van der Waals surface area contributed by atoms with Gasteiger partial charge in [-0.3, -0.25) is 0 Å². The second-order valence-corrected chi connectivity index (χ2v) is 5.08. The molecule has 6 heteroatoms. The SMILES string of the molecule is Oc1cc(F)ccc1CNc1ncccc1-c1ccsn1. The quantitative estimate of drug-likeness (QED) is 0.772. The van der Waals surface area contributed by atoms with E-state index in [2.05, 4.69) is 14.7 Å². The van der Waals surface area contributed by atoms with Crippen LogP contribution in [0.2, 0.25) is 0 Å². The van der Waals surface area contributed by atoms with Gasteiger partial charge in [-0.1, -0.05) is 6.07 Å². The first kappa shape index (κ1) is 13.5. The molecule has 0 bridgehead atoms. The summed E-state index contributed by atoms with van der Waals surface area (Å²) in [5, 5.41) is 14.8. The molecular formula is C15H12FN3OS. The maximum absolute atomic E-state index is 13.0. The fourth-order valence-electron chi connectivity index (χ4n) is 1.97. The number of hydrogen-bond donors (Lipinski definition) is 2. The van der Waals surface area contributed by atoms with Crippen molar-refractivity contribution in [3.05, 3.63) is 59.4 Å². The molecule has 0 aliphatic rings. The van der Waals surface area contributed by atoms with Crippen molar-refractivity contribution in [2.45, 2.75) is 6.54 Å². The van der Waals surface area contributed by atoms with E-state index >= 15 is 0 Å². The van der Waals surface area contributed by atoms with Crippen molar-refractivity contribution in [1.29, 1.82) is 0 Å². The molecule has 3 rings (SSSR count). The average Bonchev–Trinajstić information content (AvgIpc) is 3.01. The van der Waals surface area contributed by atoms with Gasteiger partial charge in [-0.05, 0) is 35.8 Å². The number of rotatable bonds is 4. The van der Waals surface area contributed by atoms with Crippen LogP contribution in [0.1, 0.15) is 5.56 Å². The van der Waals surface area contributed by atoms with Gasteiger partial charge in [0.15, 0.2) is 0 Å². The number of aromatic nitrogens is 2. The fraction of sp³-hybridized carbons (Fsp3) is 0.0667. The number of anilines is 1. The Kier molecular flexibility index (Phi) is 3.79. The zero-order valence-electron chi connectivity index (χ0n) is 11.0. The highest BCUT2D eigenvalue weighted by Crippen LogP contribution is 2.26. The Bertz CT molecular complexity index is 746. The minimum absolute atomic E-state index is 0.0753. The Morgan fingerprint density at radius 3 is 2.90 bits per heavy atom. The molecule has 106 valence electrons. The first-order chi connectivity index (χ1) is 10.2. The van der Waals surface area contributed by atoms with Crippen LogP contribution in [0.3, 0.4) is 0 Å². The van der Waals surface area contributed by atoms with Crippen molar-refractivity contribution < 1.29 is 9.50 Å². The normalized spacial score (nSPS) is 10.5. The first-order valence-corrected chi connectivity index (χ1v) is 7.15. The van der Waals surface area contributed by atoms with Gasteiger partial charge in [0.25, 0.3) is 0 Å². The Labute approximate surface area is 125 Å². The van der Waals surface area contributed by atoms with Gasteiger partial charge >= 0.3 is 0 Å². The molecule has 0 aliphatic heterocycles. The van der Waals surface area contributed by atoms with Gasteiger partial charge in [0.1, 0.15) is 17.4 Å². The summed E-state index contributed by atoms with van der Waals surface area (Å²) in [5.41, 5.74) is 2.34. The lowest BCUT2D eigenvalue weighted by molar-refractivity contribution is 0.463. The first-order valence-electron chi connectivity index (χ1n) is 6.31. The van der Waals surface area contributed by atoms with E-state index in [4.69, 9.17) is 0 Å². The van der Waals surface area contributed by atoms with Crippen LogP contribution in [-0.4, -0.2) is 14.5 Å². The molecule has 0 amide bonds. The molecule has 3 aromatic rings. The van der Waals surface area contributed by atoms with Crippen molar-refractivity contribution in [1.82, 2.24) is 9.36 Å². The molecule has 2 heterocycles. The lowest BCUT2D eigenvalue weighted by Gasteiger charge is -2.10. The highest BCUT2D eigenvalue weighted by molar-refractivity contribution is 7.03. The predicted octanol–water partition coefficient (Wildman–Crippen LogP) is 3.66. The van der Waals surface area contributed by atoms with E-state index < -0.39 is 5.82 Å². The Morgan fingerprint density at radius 1 is 1.24 bits per heavy atom. The Hall–Kier alpha value is -2.47. The Balaban J connectivity index is 1.83. The number of phenolic OH excluding ortho intramolecular Hbond substituents is 1. The summed E-state index contributed by atoms with van der Waals surface area (Å²) in [6.07, 6.45) is 1.68. The minimum Gasteiger partial charge on any atom is -0.507 e. The summed E-state index contributed by atoms with van der Waals surface area (Å²) < 4.78 is 17.3. The van der Waals surface area contributed by atoms with E-state index in [9.17, 15) is 9.50 Å². The van der Waals surface area contributed by atoms with Gasteiger partial charge in [-0.15, -0.1) is 0 Å². The van der Waals surface area contributed by atoms with Crippen LogP contribution in [0.25, 0.3) is 11.3 Å². The van der Waals surface area contributed by atoms with Gasteiger partial charge in [-0.25, -0.2) is 9.37 Å². The van der Waals surface area contributed by atoms with Gasteiger partial charge in [0.05, 0.1) is 5.69 Å². The number of aromatic hydroxyl groups is 1. The number of pyridine rings is 1. The maximum Gasteiger partial charge on any atom is 0.135 e. The standard InChI is InChI=1S/C15H12FN3OS/c16-11-4-3-10(14(20)8-11)9-18-15-12(2-1-6-17-15)13-5-7-21-19-13/h1-8,20H,9H2,(H,17,18). The zero-order valence-corrected chi connectivity index (χ0v) is 11.8. The number of nitrogens with zero attached hydrogens (tertiary/aromatic N) is 2. The third-order valence-electron chi connectivity index (χ3n) is 3.02. The molecule has 0 saturated carbocycles. The van der Waals surface area contributed by atoms with Crippen LogP contribution >= 0.6 is 11.5 Å². The van der Waals surface area contributed by atoms with E-state index in [1.165, 1.54) is 17.6 Å². The van der Waals surface area contributed by atoms with Crippen LogP contribution in [0.5, 0.6) is 5.75 Å². The highest BCUT2D eigenvalue weighted by Gasteiger charge is 2.09. The molecule has 0 spiro atoms. The van der Waals surface area contributed by atoms with Crippen molar-refractivity contribution in [3.63, 3.8) is 0 Å². The van der Waals surface area contributed by atoms with Crippen molar-refractivity contribution >= 4 is 17.4 Å². The monoisotopic (exact) mass is 301 g/mol. The van der Waals surface area contributed by atoms with Crippen molar-refractivity contribution in [3.8, 4) is 17.0 Å². The van der Waals surface area contributed by atoms with Crippen molar-refractivity contribution in [2.24, 2.45) is 0 Å². The Morgan fingerprint density at radius 2 is 2.14 bits per heavy atom. The summed E-state index contributed by atoms with van der Waals surface area (Å²) in [7, 11) is 0. The third kappa shape index (κ3) is 3.00. The fourth-order valence-corrected chi connectivity index (χ4v) is 2.49. The van der Waals surface area contributed by atoms with Crippen molar-refractivity contribution in [2.75, 3.05) is 5.32 Å². The number of benzene rings is 1. The highest BCUT2D eigenvalue weighted by atomic mass is 32.1. The zero-order chi connectivity index (χ0) is 14.7. The van der Waals surface area contributed by atoms with Gasteiger partial charge in [-0.2, -0.15) is 4.37 Å². The molecule has 0 saturated heterocycles. The van der Waals surface area contributed by atoms with E-state index in [0.717, 1.165) is 17.3 Å². The second-order valence-electron chi connectivity index (χ2n) is 4.41. The predicted molar refractivity (Wildman–Crippen MR) is 80.7 cm³/mol. The summed E-state index contributed by atoms with van der Waals surface area (Å²) in [6, 6.07) is 9.64. The molecular weight excluding hydrogens is 289 g/mol. The van der Waals surface area contributed by atoms with Crippen LogP contribution < -0.4 is 5.32 Å². The van der Waals surface area contributed by atoms with E-state index in [0.29, 0.717) is 17.9 Å². The molecule has 4 nitrogen and oxygen atoms in total. The molecule has 1 aromatic carbocycles. The van der Waals surface area contributed by atoms with Crippen LogP contribution in [0.15, 0.2) is 48.0 Å². The summed E-state index contributed by atoms with van der Waals surface area (Å²) in [4.78, 5) is 4.29. The summed E-state index contributed by atoms with van der Waals surface area (Å²) >= 11 is 1.37. The smallest absolute Gasteiger partial charge is 0.135 e. The molecule has 0 radical (unpaired) electrons. The molecule has 0 aliphatic carbocycles. The van der Waals surface area contributed by atoms with Gasteiger partial charge in [0, 0.05) is 35.3 Å². The number of phenols is 1. The van der Waals surface area contributed by atoms with E-state index in [-0.39, 0.29) is 5.75 Å². The second kappa shape index (κ2) is 5.88. The molecule has 2 aromatic heterocycles. The van der Waals surface area contributed by atoms with Crippen LogP contribution in [0, 0.1) is 5.82 Å². The van der Waals surface area contributed by atoms with E-state index in [1.807, 2.05) is 23.6 Å². The number of halogens is 1. The molecule has 0 unspecified atom stereocenters. The maximum atomic E-state index is 13.0. The molecule has 2 N–H and O–H groups in total. The number of hydrogen-bond acceptors (Lipinski definition) is 5. The lowest BCUT2D eigenvalue weighted by Crippen LogP contribution is -2.03. The molecule has 0 atom stereocenters. The number of nitrogens with one attached hydrogen (secondary N) is 1. The average molecular weight is 301 g/mol. The summed E-state index contributed by atoms with van der Waals surface area (Å²) in [5.74, 6) is 0.137. The third-order valence-corrected chi connectivity index (χ3v) is 3.58. The van der Waals surface area contributed by atoms with Gasteiger partial charge < -0.3 is 10.4 Å². The topological polar surface area (TPSA) is 58.0 Å². The lowest BCUT2D eigenvalue weighted by atomic mass is 10.1. The van der Waals surface area contributed by atoms with Crippen LogP contribution in [0.4, 0.5) is 10.2 Å². The largest absolute Gasteiger partial charge is 0.507 e. The van der Waals surface area contributed by atoms with Crippen LogP contribution in [-0.2, 0) is 6.54 Å². The minimum atomic E-state index is -0.461.